The second kappa shape index (κ2) is 5.56. The lowest BCUT2D eigenvalue weighted by Crippen LogP contribution is -2.29. The summed E-state index contributed by atoms with van der Waals surface area (Å²) in [5, 5.41) is 0. The molecule has 0 aliphatic heterocycles. The van der Waals surface area contributed by atoms with Gasteiger partial charge in [-0.15, -0.1) is 0 Å². The zero-order chi connectivity index (χ0) is 13.2. The van der Waals surface area contributed by atoms with Crippen LogP contribution in [0.25, 0.3) is 0 Å². The van der Waals surface area contributed by atoms with Gasteiger partial charge in [0.15, 0.2) is 0 Å². The van der Waals surface area contributed by atoms with E-state index in [1.54, 1.807) is 0 Å². The zero-order valence-corrected chi connectivity index (χ0v) is 14.2. The van der Waals surface area contributed by atoms with Gasteiger partial charge in [0.1, 0.15) is 0 Å². The molecule has 0 radical (unpaired) electrons. The van der Waals surface area contributed by atoms with Crippen molar-refractivity contribution in [3.63, 3.8) is 0 Å². The largest absolute Gasteiger partial charge is 0.0876 e. The molecule has 0 N–H and O–H groups in total. The molecule has 0 rings (SSSR count). The molecule has 98 valence electrons. The molecule has 0 atom stereocenters. The molecule has 0 aromatic rings. The van der Waals surface area contributed by atoms with Gasteiger partial charge in [-0.1, -0.05) is 70.1 Å². The molecule has 0 bridgehead atoms. The Morgan fingerprint density at radius 3 is 1.56 bits per heavy atom. The maximum absolute atomic E-state index is 2.39. The van der Waals surface area contributed by atoms with E-state index in [1.165, 1.54) is 6.42 Å². The van der Waals surface area contributed by atoms with E-state index in [-0.39, 0.29) is 0 Å². The highest BCUT2D eigenvalue weighted by atomic mass is 33.1. The third-order valence-corrected chi connectivity index (χ3v) is 7.24. The van der Waals surface area contributed by atoms with Gasteiger partial charge in [0.05, 0.1) is 0 Å². The Bertz CT molecular complexity index is 209. The van der Waals surface area contributed by atoms with Crippen LogP contribution in [0.1, 0.15) is 68.7 Å². The zero-order valence-electron chi connectivity index (χ0n) is 12.6. The first-order chi connectivity index (χ1) is 6.86. The van der Waals surface area contributed by atoms with Gasteiger partial charge in [-0.2, -0.15) is 0 Å². The summed E-state index contributed by atoms with van der Waals surface area (Å²) < 4.78 is 0.704. The number of rotatable bonds is 5. The molecule has 0 aliphatic rings. The molecule has 2 heteroatoms. The Morgan fingerprint density at radius 1 is 0.812 bits per heavy atom. The molecule has 0 fully saturated rings. The van der Waals surface area contributed by atoms with Crippen molar-refractivity contribution in [1.82, 2.24) is 0 Å². The summed E-state index contributed by atoms with van der Waals surface area (Å²) in [7, 11) is 4.06. The first-order valence-corrected chi connectivity index (χ1v) is 8.38. The van der Waals surface area contributed by atoms with E-state index in [4.69, 9.17) is 0 Å². The van der Waals surface area contributed by atoms with Crippen LogP contribution in [-0.4, -0.2) is 9.49 Å². The van der Waals surface area contributed by atoms with E-state index >= 15 is 0 Å². The smallest absolute Gasteiger partial charge is 0.0212 e. The van der Waals surface area contributed by atoms with Gasteiger partial charge in [-0.3, -0.25) is 0 Å². The van der Waals surface area contributed by atoms with Crippen LogP contribution in [0.3, 0.4) is 0 Å². The minimum absolute atomic E-state index is 0.351. The number of hydrogen-bond acceptors (Lipinski definition) is 2. The summed E-state index contributed by atoms with van der Waals surface area (Å²) in [6, 6.07) is 0. The summed E-state index contributed by atoms with van der Waals surface area (Å²) in [6.45, 7) is 21.1. The maximum Gasteiger partial charge on any atom is 0.0212 e. The Hall–Kier alpha value is 0.700. The van der Waals surface area contributed by atoms with Crippen LogP contribution in [0, 0.1) is 11.3 Å². The molecule has 0 aromatic carbocycles. The van der Waals surface area contributed by atoms with Crippen molar-refractivity contribution in [3.05, 3.63) is 0 Å². The van der Waals surface area contributed by atoms with Gasteiger partial charge in [0, 0.05) is 9.49 Å². The minimum Gasteiger partial charge on any atom is -0.0876 e. The Balaban J connectivity index is 4.35. The van der Waals surface area contributed by atoms with Crippen molar-refractivity contribution in [3.8, 4) is 0 Å². The fraction of sp³-hybridized carbons (Fsp3) is 1.00. The van der Waals surface area contributed by atoms with Crippen molar-refractivity contribution in [2.45, 2.75) is 78.2 Å². The van der Waals surface area contributed by atoms with Gasteiger partial charge < -0.3 is 0 Å². The fourth-order valence-electron chi connectivity index (χ4n) is 1.57. The normalized spacial score (nSPS) is 14.6. The van der Waals surface area contributed by atoms with Gasteiger partial charge in [-0.25, -0.2) is 0 Å². The van der Waals surface area contributed by atoms with Crippen LogP contribution in [0.5, 0.6) is 0 Å². The first-order valence-electron chi connectivity index (χ1n) is 6.23. The lowest BCUT2D eigenvalue weighted by molar-refractivity contribution is 0.210. The van der Waals surface area contributed by atoms with Crippen LogP contribution < -0.4 is 0 Å². The van der Waals surface area contributed by atoms with Crippen LogP contribution in [0.15, 0.2) is 0 Å². The summed E-state index contributed by atoms with van der Waals surface area (Å²) in [6.07, 6.45) is 1.27. The summed E-state index contributed by atoms with van der Waals surface area (Å²) in [5.41, 5.74) is 0.426. The van der Waals surface area contributed by atoms with Crippen LogP contribution in [0.2, 0.25) is 0 Å². The number of hydrogen-bond donors (Lipinski definition) is 0. The molecule has 0 nitrogen and oxygen atoms in total. The van der Waals surface area contributed by atoms with Gasteiger partial charge in [-0.05, 0) is 31.6 Å². The highest BCUT2D eigenvalue weighted by Gasteiger charge is 2.32. The summed E-state index contributed by atoms with van der Waals surface area (Å²) in [5.74, 6) is 0.743. The highest BCUT2D eigenvalue weighted by molar-refractivity contribution is 8.77. The average Bonchev–Trinajstić information content (AvgIpc) is 1.97. The third-order valence-electron chi connectivity index (χ3n) is 2.96. The predicted molar refractivity (Wildman–Crippen MR) is 82.3 cm³/mol. The van der Waals surface area contributed by atoms with Gasteiger partial charge in [0.25, 0.3) is 0 Å². The average molecular weight is 263 g/mol. The van der Waals surface area contributed by atoms with E-state index in [0.717, 1.165) is 5.92 Å². The second-order valence-electron chi connectivity index (χ2n) is 7.36. The Labute approximate surface area is 111 Å². The van der Waals surface area contributed by atoms with E-state index in [1.807, 2.05) is 21.6 Å². The van der Waals surface area contributed by atoms with Crippen molar-refractivity contribution in [2.24, 2.45) is 11.3 Å². The van der Waals surface area contributed by atoms with Crippen LogP contribution in [-0.2, 0) is 0 Å². The molecular weight excluding hydrogens is 232 g/mol. The molecule has 0 saturated heterocycles. The SMILES string of the molecule is CC(C)C(C)(C)CC(C)(C)SSC(C)(C)C. The third kappa shape index (κ3) is 7.11. The van der Waals surface area contributed by atoms with Crippen molar-refractivity contribution >= 4 is 21.6 Å². The van der Waals surface area contributed by atoms with E-state index in [2.05, 4.69) is 62.3 Å². The lowest BCUT2D eigenvalue weighted by Gasteiger charge is -2.38. The predicted octanol–water partition coefficient (Wildman–Crippen LogP) is 6.02. The van der Waals surface area contributed by atoms with Crippen molar-refractivity contribution < 1.29 is 0 Å². The van der Waals surface area contributed by atoms with Crippen molar-refractivity contribution in [1.29, 1.82) is 0 Å². The monoisotopic (exact) mass is 262 g/mol. The van der Waals surface area contributed by atoms with E-state index in [0.29, 0.717) is 14.9 Å². The molecular formula is C14H30S2. The molecule has 0 heterocycles. The summed E-state index contributed by atoms with van der Waals surface area (Å²) >= 11 is 0. The maximum atomic E-state index is 2.39. The molecule has 0 spiro atoms. The quantitative estimate of drug-likeness (QED) is 0.556. The molecule has 0 unspecified atom stereocenters. The lowest BCUT2D eigenvalue weighted by atomic mass is 9.75. The van der Waals surface area contributed by atoms with Crippen molar-refractivity contribution in [2.75, 3.05) is 0 Å². The van der Waals surface area contributed by atoms with E-state index in [9.17, 15) is 0 Å². The van der Waals surface area contributed by atoms with Crippen LogP contribution >= 0.6 is 21.6 Å². The Morgan fingerprint density at radius 2 is 1.25 bits per heavy atom. The van der Waals surface area contributed by atoms with E-state index < -0.39 is 0 Å². The Kier molecular flexibility index (Phi) is 5.80. The fourth-order valence-corrected chi connectivity index (χ4v) is 4.08. The standard InChI is InChI=1S/C14H30S2/c1-11(2)13(6,7)10-14(8,9)16-15-12(3,4)5/h11H,10H2,1-9H3. The first kappa shape index (κ1) is 16.7. The summed E-state index contributed by atoms with van der Waals surface area (Å²) in [4.78, 5) is 0. The van der Waals surface area contributed by atoms with Crippen LogP contribution in [0.4, 0.5) is 0 Å². The molecule has 0 saturated carbocycles. The minimum atomic E-state index is 0.351. The van der Waals surface area contributed by atoms with Gasteiger partial charge in [0.2, 0.25) is 0 Å². The highest BCUT2D eigenvalue weighted by Crippen LogP contribution is 2.49. The molecule has 0 amide bonds. The molecule has 0 aromatic heterocycles. The van der Waals surface area contributed by atoms with Gasteiger partial charge >= 0.3 is 0 Å². The molecule has 16 heavy (non-hydrogen) atoms. The molecule has 0 aliphatic carbocycles. The second-order valence-corrected chi connectivity index (χ2v) is 11.0. The topological polar surface area (TPSA) is 0 Å².